The fraction of sp³-hybridized carbons (Fsp3) is 0.636. The maximum Gasteiger partial charge on any atom is 0.230 e. The lowest BCUT2D eigenvalue weighted by Crippen LogP contribution is -2.20. The molecular weight excluding hydrogens is 264 g/mol. The van der Waals surface area contributed by atoms with Crippen LogP contribution in [0.4, 0.5) is 11.9 Å². The summed E-state index contributed by atoms with van der Waals surface area (Å²) in [5.74, 6) is 0.820. The molecule has 1 aromatic rings. The van der Waals surface area contributed by atoms with Gasteiger partial charge in [0.25, 0.3) is 0 Å². The molecule has 0 aromatic carbocycles. The molecule has 0 radical (unpaired) electrons. The average Bonchev–Trinajstić information content (AvgIpc) is 2.35. The van der Waals surface area contributed by atoms with Gasteiger partial charge in [-0.05, 0) is 13.3 Å². The van der Waals surface area contributed by atoms with Crippen molar-refractivity contribution in [3.8, 4) is 0 Å². The van der Waals surface area contributed by atoms with Crippen LogP contribution in [0.2, 0.25) is 0 Å². The Kier molecular flexibility index (Phi) is 5.81. The highest BCUT2D eigenvalue weighted by atomic mass is 32.2. The summed E-state index contributed by atoms with van der Waals surface area (Å²) in [6, 6.07) is 0.270. The van der Waals surface area contributed by atoms with Crippen molar-refractivity contribution >= 4 is 29.6 Å². The van der Waals surface area contributed by atoms with Gasteiger partial charge in [0, 0.05) is 20.1 Å². The smallest absolute Gasteiger partial charge is 0.230 e. The largest absolute Gasteiger partial charge is 0.369 e. The van der Waals surface area contributed by atoms with Gasteiger partial charge in [-0.1, -0.05) is 18.7 Å². The number of hydrogen-bond donors (Lipinski definition) is 2. The highest BCUT2D eigenvalue weighted by molar-refractivity contribution is 7.99. The Labute approximate surface area is 117 Å². The third-order valence-corrected chi connectivity index (χ3v) is 3.20. The zero-order chi connectivity index (χ0) is 14.4. The van der Waals surface area contributed by atoms with E-state index >= 15 is 0 Å². The van der Waals surface area contributed by atoms with E-state index in [1.54, 1.807) is 4.90 Å². The van der Waals surface area contributed by atoms with Crippen molar-refractivity contribution in [3.63, 3.8) is 0 Å². The predicted molar refractivity (Wildman–Crippen MR) is 77.4 cm³/mol. The van der Waals surface area contributed by atoms with Crippen molar-refractivity contribution in [2.24, 2.45) is 5.73 Å². The molecule has 1 amide bonds. The second-order valence-corrected chi connectivity index (χ2v) is 5.29. The van der Waals surface area contributed by atoms with Crippen LogP contribution in [0.25, 0.3) is 0 Å². The molecule has 1 rings (SSSR count). The first-order valence-corrected chi connectivity index (χ1v) is 7.02. The summed E-state index contributed by atoms with van der Waals surface area (Å²) in [6.07, 6.45) is 0.965. The maximum atomic E-state index is 10.8. The number of amides is 1. The summed E-state index contributed by atoms with van der Waals surface area (Å²) in [5.41, 5.74) is 5.12. The Morgan fingerprint density at radius 3 is 2.63 bits per heavy atom. The van der Waals surface area contributed by atoms with E-state index in [0.29, 0.717) is 17.1 Å². The normalized spacial score (nSPS) is 12.0. The molecule has 0 bridgehead atoms. The van der Waals surface area contributed by atoms with Gasteiger partial charge in [-0.2, -0.15) is 15.0 Å². The minimum Gasteiger partial charge on any atom is -0.369 e. The topological polar surface area (TPSA) is 97.0 Å². The second-order valence-electron chi connectivity index (χ2n) is 4.34. The SMILES string of the molecule is CC[C@H](C)Nc1nc(SCC(N)=O)nc(N(C)C)n1. The van der Waals surface area contributed by atoms with Crippen molar-refractivity contribution in [1.82, 2.24) is 15.0 Å². The van der Waals surface area contributed by atoms with Crippen LogP contribution in [0.3, 0.4) is 0 Å². The van der Waals surface area contributed by atoms with Crippen molar-refractivity contribution in [2.75, 3.05) is 30.1 Å². The van der Waals surface area contributed by atoms with Crippen LogP contribution in [0.5, 0.6) is 0 Å². The van der Waals surface area contributed by atoms with E-state index in [4.69, 9.17) is 5.73 Å². The predicted octanol–water partition coefficient (Wildman–Crippen LogP) is 0.725. The Hall–Kier alpha value is -1.57. The van der Waals surface area contributed by atoms with Crippen LogP contribution < -0.4 is 16.0 Å². The summed E-state index contributed by atoms with van der Waals surface area (Å²) >= 11 is 1.21. The molecule has 19 heavy (non-hydrogen) atoms. The molecule has 0 fully saturated rings. The van der Waals surface area contributed by atoms with E-state index in [9.17, 15) is 4.79 Å². The molecule has 3 N–H and O–H groups in total. The maximum absolute atomic E-state index is 10.8. The average molecular weight is 284 g/mol. The molecule has 0 unspecified atom stereocenters. The zero-order valence-corrected chi connectivity index (χ0v) is 12.5. The van der Waals surface area contributed by atoms with Crippen LogP contribution in [0.15, 0.2) is 5.16 Å². The number of nitrogens with zero attached hydrogens (tertiary/aromatic N) is 4. The van der Waals surface area contributed by atoms with Crippen molar-refractivity contribution in [3.05, 3.63) is 0 Å². The molecule has 0 spiro atoms. The molecule has 106 valence electrons. The van der Waals surface area contributed by atoms with Gasteiger partial charge >= 0.3 is 0 Å². The fourth-order valence-corrected chi connectivity index (χ4v) is 1.70. The van der Waals surface area contributed by atoms with Crippen LogP contribution in [-0.2, 0) is 4.79 Å². The number of thioether (sulfide) groups is 1. The fourth-order valence-electron chi connectivity index (χ4n) is 1.13. The van der Waals surface area contributed by atoms with E-state index in [2.05, 4.69) is 34.1 Å². The minimum atomic E-state index is -0.395. The molecule has 0 aliphatic rings. The number of hydrogen-bond acceptors (Lipinski definition) is 7. The van der Waals surface area contributed by atoms with E-state index in [-0.39, 0.29) is 11.8 Å². The second kappa shape index (κ2) is 7.13. The first kappa shape index (κ1) is 15.5. The molecular formula is C11H20N6OS. The molecule has 7 nitrogen and oxygen atoms in total. The molecule has 0 saturated carbocycles. The van der Waals surface area contributed by atoms with Crippen LogP contribution >= 0.6 is 11.8 Å². The zero-order valence-electron chi connectivity index (χ0n) is 11.7. The number of aromatic nitrogens is 3. The molecule has 0 aliphatic carbocycles. The highest BCUT2D eigenvalue weighted by Gasteiger charge is 2.11. The van der Waals surface area contributed by atoms with Gasteiger partial charge in [0.15, 0.2) is 5.16 Å². The summed E-state index contributed by atoms with van der Waals surface area (Å²) in [5, 5.41) is 3.69. The number of rotatable bonds is 7. The Morgan fingerprint density at radius 2 is 2.11 bits per heavy atom. The lowest BCUT2D eigenvalue weighted by atomic mass is 10.3. The first-order chi connectivity index (χ1) is 8.92. The van der Waals surface area contributed by atoms with Crippen molar-refractivity contribution < 1.29 is 4.79 Å². The van der Waals surface area contributed by atoms with E-state index in [0.717, 1.165) is 6.42 Å². The van der Waals surface area contributed by atoms with Gasteiger partial charge in [0.1, 0.15) is 0 Å². The van der Waals surface area contributed by atoms with E-state index in [1.165, 1.54) is 11.8 Å². The van der Waals surface area contributed by atoms with Gasteiger partial charge in [0.2, 0.25) is 17.8 Å². The van der Waals surface area contributed by atoms with Gasteiger partial charge in [-0.3, -0.25) is 4.79 Å². The summed E-state index contributed by atoms with van der Waals surface area (Å²) < 4.78 is 0. The third-order valence-electron chi connectivity index (χ3n) is 2.33. The van der Waals surface area contributed by atoms with Gasteiger partial charge < -0.3 is 16.0 Å². The van der Waals surface area contributed by atoms with Gasteiger partial charge in [-0.25, -0.2) is 0 Å². The van der Waals surface area contributed by atoms with Gasteiger partial charge in [0.05, 0.1) is 5.75 Å². The third kappa shape index (κ3) is 5.29. The Balaban J connectivity index is 2.93. The van der Waals surface area contributed by atoms with Crippen LogP contribution in [0, 0.1) is 0 Å². The minimum absolute atomic E-state index is 0.152. The number of primary amides is 1. The Bertz CT molecular complexity index is 439. The number of nitrogens with one attached hydrogen (secondary N) is 1. The van der Waals surface area contributed by atoms with Crippen LogP contribution in [-0.4, -0.2) is 46.7 Å². The molecule has 0 aliphatic heterocycles. The van der Waals surface area contributed by atoms with Gasteiger partial charge in [-0.15, -0.1) is 0 Å². The standard InChI is InChI=1S/C11H20N6OS/c1-5-7(2)13-9-14-10(17(3)4)16-11(15-9)19-6-8(12)18/h7H,5-6H2,1-4H3,(H2,12,18)(H,13,14,15,16)/t7-/m0/s1. The lowest BCUT2D eigenvalue weighted by Gasteiger charge is -2.15. The summed E-state index contributed by atoms with van der Waals surface area (Å²) in [7, 11) is 3.70. The van der Waals surface area contributed by atoms with E-state index in [1.807, 2.05) is 14.1 Å². The molecule has 0 saturated heterocycles. The number of carbonyl (C=O) groups is 1. The summed E-state index contributed by atoms with van der Waals surface area (Å²) in [6.45, 7) is 4.13. The Morgan fingerprint density at radius 1 is 1.42 bits per heavy atom. The van der Waals surface area contributed by atoms with Crippen LogP contribution in [0.1, 0.15) is 20.3 Å². The highest BCUT2D eigenvalue weighted by Crippen LogP contribution is 2.17. The van der Waals surface area contributed by atoms with E-state index < -0.39 is 5.91 Å². The molecule has 1 atom stereocenters. The molecule has 1 aromatic heterocycles. The quantitative estimate of drug-likeness (QED) is 0.712. The molecule has 1 heterocycles. The number of anilines is 2. The monoisotopic (exact) mass is 284 g/mol. The first-order valence-electron chi connectivity index (χ1n) is 6.03. The summed E-state index contributed by atoms with van der Waals surface area (Å²) in [4.78, 5) is 25.4. The van der Waals surface area contributed by atoms with Crippen molar-refractivity contribution in [1.29, 1.82) is 0 Å². The lowest BCUT2D eigenvalue weighted by molar-refractivity contribution is -0.115. The number of nitrogens with two attached hydrogens (primary N) is 1. The van der Waals surface area contributed by atoms with Crippen molar-refractivity contribution in [2.45, 2.75) is 31.5 Å². The number of carbonyl (C=O) groups excluding carboxylic acids is 1. The molecule has 8 heteroatoms.